The molecular weight excluding hydrogens is 338 g/mol. The van der Waals surface area contributed by atoms with Gasteiger partial charge in [0.2, 0.25) is 5.91 Å². The maximum absolute atomic E-state index is 12.3. The van der Waals surface area contributed by atoms with Crippen LogP contribution in [0, 0.1) is 0 Å². The number of carbonyl (C=O) groups is 1. The minimum atomic E-state index is -0.0959. The van der Waals surface area contributed by atoms with Gasteiger partial charge in [-0.25, -0.2) is 4.98 Å². The number of rotatable bonds is 6. The lowest BCUT2D eigenvalue weighted by atomic mass is 10.1. The lowest BCUT2D eigenvalue weighted by molar-refractivity contribution is -0.115. The second kappa shape index (κ2) is 7.70. The molecule has 6 nitrogen and oxygen atoms in total. The van der Waals surface area contributed by atoms with E-state index in [0.717, 1.165) is 27.8 Å². The second-order valence-electron chi connectivity index (χ2n) is 6.19. The van der Waals surface area contributed by atoms with Crippen molar-refractivity contribution in [2.75, 3.05) is 10.6 Å². The van der Waals surface area contributed by atoms with Crippen molar-refractivity contribution < 1.29 is 4.79 Å². The van der Waals surface area contributed by atoms with Crippen molar-refractivity contribution in [1.29, 1.82) is 0 Å². The Hall–Kier alpha value is -3.67. The predicted octanol–water partition coefficient (Wildman–Crippen LogP) is 3.75. The Kier molecular flexibility index (Phi) is 4.78. The molecule has 3 aromatic heterocycles. The summed E-state index contributed by atoms with van der Waals surface area (Å²) in [5.74, 6) is 0.435. The van der Waals surface area contributed by atoms with Gasteiger partial charge in [0.1, 0.15) is 5.82 Å². The Labute approximate surface area is 156 Å². The van der Waals surface area contributed by atoms with E-state index >= 15 is 0 Å². The Morgan fingerprint density at radius 1 is 1.00 bits per heavy atom. The Morgan fingerprint density at radius 2 is 1.89 bits per heavy atom. The summed E-state index contributed by atoms with van der Waals surface area (Å²) in [5, 5.41) is 7.16. The number of pyridine rings is 2. The van der Waals surface area contributed by atoms with Crippen LogP contribution in [-0.2, 0) is 17.8 Å². The van der Waals surface area contributed by atoms with Gasteiger partial charge in [0.15, 0.2) is 0 Å². The normalized spacial score (nSPS) is 10.7. The average molecular weight is 357 g/mol. The molecule has 0 unspecified atom stereocenters. The standard InChI is InChI=1S/C21H19N5O/c27-21(11-15-12-24-19-7-2-1-6-18(15)19)26-20-9-8-17(14-25-20)23-13-16-5-3-4-10-22-16/h1-10,12,14,23-24H,11,13H2,(H,25,26,27). The van der Waals surface area contributed by atoms with Crippen molar-refractivity contribution in [2.45, 2.75) is 13.0 Å². The number of nitrogens with one attached hydrogen (secondary N) is 3. The summed E-state index contributed by atoms with van der Waals surface area (Å²) in [6.45, 7) is 0.620. The largest absolute Gasteiger partial charge is 0.378 e. The molecule has 0 aliphatic rings. The molecule has 0 radical (unpaired) electrons. The van der Waals surface area contributed by atoms with Crippen molar-refractivity contribution in [1.82, 2.24) is 15.0 Å². The number of hydrogen-bond donors (Lipinski definition) is 3. The van der Waals surface area contributed by atoms with Crippen LogP contribution in [0.4, 0.5) is 11.5 Å². The van der Waals surface area contributed by atoms with E-state index in [1.807, 2.05) is 54.7 Å². The Bertz CT molecular complexity index is 1040. The molecule has 3 heterocycles. The highest BCUT2D eigenvalue weighted by molar-refractivity contribution is 5.95. The van der Waals surface area contributed by atoms with Crippen LogP contribution in [0.5, 0.6) is 0 Å². The maximum atomic E-state index is 12.3. The summed E-state index contributed by atoms with van der Waals surface area (Å²) in [6, 6.07) is 17.4. The molecule has 134 valence electrons. The van der Waals surface area contributed by atoms with Crippen molar-refractivity contribution in [3.05, 3.63) is 84.4 Å². The Balaban J connectivity index is 1.34. The van der Waals surface area contributed by atoms with E-state index in [9.17, 15) is 4.79 Å². The summed E-state index contributed by atoms with van der Waals surface area (Å²) in [4.78, 5) is 24.1. The van der Waals surface area contributed by atoms with Crippen molar-refractivity contribution in [2.24, 2.45) is 0 Å². The van der Waals surface area contributed by atoms with E-state index in [-0.39, 0.29) is 5.91 Å². The molecule has 0 aliphatic carbocycles. The third-order valence-electron chi connectivity index (χ3n) is 4.26. The zero-order valence-corrected chi connectivity index (χ0v) is 14.6. The van der Waals surface area contributed by atoms with Crippen LogP contribution in [0.2, 0.25) is 0 Å². The molecule has 3 N–H and O–H groups in total. The van der Waals surface area contributed by atoms with E-state index in [4.69, 9.17) is 0 Å². The number of aromatic nitrogens is 3. The number of nitrogens with zero attached hydrogens (tertiary/aromatic N) is 2. The number of hydrogen-bond acceptors (Lipinski definition) is 4. The van der Waals surface area contributed by atoms with Gasteiger partial charge in [0, 0.05) is 23.3 Å². The van der Waals surface area contributed by atoms with E-state index in [1.54, 1.807) is 18.5 Å². The molecule has 1 aromatic carbocycles. The minimum Gasteiger partial charge on any atom is -0.378 e. The van der Waals surface area contributed by atoms with Crippen LogP contribution in [0.15, 0.2) is 73.2 Å². The van der Waals surface area contributed by atoms with Crippen LogP contribution in [-0.4, -0.2) is 20.9 Å². The molecule has 0 bridgehead atoms. The van der Waals surface area contributed by atoms with Gasteiger partial charge in [-0.1, -0.05) is 24.3 Å². The van der Waals surface area contributed by atoms with E-state index in [0.29, 0.717) is 18.8 Å². The number of H-pyrrole nitrogens is 1. The number of amides is 1. The first-order valence-electron chi connectivity index (χ1n) is 8.72. The molecule has 4 rings (SSSR count). The predicted molar refractivity (Wildman–Crippen MR) is 106 cm³/mol. The van der Waals surface area contributed by atoms with E-state index in [1.165, 1.54) is 0 Å². The van der Waals surface area contributed by atoms with Crippen molar-refractivity contribution >= 4 is 28.3 Å². The van der Waals surface area contributed by atoms with E-state index < -0.39 is 0 Å². The first-order chi connectivity index (χ1) is 13.3. The zero-order valence-electron chi connectivity index (χ0n) is 14.6. The molecule has 27 heavy (non-hydrogen) atoms. The van der Waals surface area contributed by atoms with Gasteiger partial charge in [0.25, 0.3) is 0 Å². The number of anilines is 2. The Morgan fingerprint density at radius 3 is 2.70 bits per heavy atom. The van der Waals surface area contributed by atoms with Gasteiger partial charge in [-0.05, 0) is 35.9 Å². The van der Waals surface area contributed by atoms with E-state index in [2.05, 4.69) is 25.6 Å². The molecule has 0 saturated carbocycles. The van der Waals surface area contributed by atoms with Crippen LogP contribution in [0.1, 0.15) is 11.3 Å². The number of benzene rings is 1. The lowest BCUT2D eigenvalue weighted by Gasteiger charge is -2.07. The molecule has 0 saturated heterocycles. The molecule has 0 aliphatic heterocycles. The van der Waals surface area contributed by atoms with Gasteiger partial charge in [-0.3, -0.25) is 9.78 Å². The molecule has 0 spiro atoms. The highest BCUT2D eigenvalue weighted by Gasteiger charge is 2.09. The van der Waals surface area contributed by atoms with Crippen LogP contribution >= 0.6 is 0 Å². The number of para-hydroxylation sites is 1. The summed E-state index contributed by atoms with van der Waals surface area (Å²) in [5.41, 5.74) is 3.82. The molecule has 1 amide bonds. The van der Waals surface area contributed by atoms with Gasteiger partial charge >= 0.3 is 0 Å². The first-order valence-corrected chi connectivity index (χ1v) is 8.72. The number of fused-ring (bicyclic) bond motifs is 1. The highest BCUT2D eigenvalue weighted by Crippen LogP contribution is 2.18. The molecule has 4 aromatic rings. The molecule has 0 fully saturated rings. The molecule has 6 heteroatoms. The fourth-order valence-electron chi connectivity index (χ4n) is 2.91. The lowest BCUT2D eigenvalue weighted by Crippen LogP contribution is -2.15. The fourth-order valence-corrected chi connectivity index (χ4v) is 2.91. The van der Waals surface area contributed by atoms with Gasteiger partial charge < -0.3 is 15.6 Å². The van der Waals surface area contributed by atoms with Crippen LogP contribution < -0.4 is 10.6 Å². The quantitative estimate of drug-likeness (QED) is 0.491. The summed E-state index contributed by atoms with van der Waals surface area (Å²) in [7, 11) is 0. The smallest absolute Gasteiger partial charge is 0.230 e. The minimum absolute atomic E-state index is 0.0959. The highest BCUT2D eigenvalue weighted by atomic mass is 16.1. The summed E-state index contributed by atoms with van der Waals surface area (Å²) >= 11 is 0. The monoisotopic (exact) mass is 357 g/mol. The fraction of sp³-hybridized carbons (Fsp3) is 0.0952. The second-order valence-corrected chi connectivity index (χ2v) is 6.19. The van der Waals surface area contributed by atoms with Crippen LogP contribution in [0.3, 0.4) is 0 Å². The number of aromatic amines is 1. The average Bonchev–Trinajstić information content (AvgIpc) is 3.11. The maximum Gasteiger partial charge on any atom is 0.230 e. The van der Waals surface area contributed by atoms with Gasteiger partial charge in [-0.15, -0.1) is 0 Å². The van der Waals surface area contributed by atoms with Crippen molar-refractivity contribution in [3.8, 4) is 0 Å². The third kappa shape index (κ3) is 4.12. The summed E-state index contributed by atoms with van der Waals surface area (Å²) in [6.07, 6.45) is 5.64. The molecular formula is C21H19N5O. The number of carbonyl (C=O) groups excluding carboxylic acids is 1. The molecule has 0 atom stereocenters. The van der Waals surface area contributed by atoms with Crippen LogP contribution in [0.25, 0.3) is 10.9 Å². The topological polar surface area (TPSA) is 82.7 Å². The summed E-state index contributed by atoms with van der Waals surface area (Å²) < 4.78 is 0. The SMILES string of the molecule is O=C(Cc1c[nH]c2ccccc12)Nc1ccc(NCc2ccccn2)cn1. The first kappa shape index (κ1) is 16.8. The van der Waals surface area contributed by atoms with Gasteiger partial charge in [-0.2, -0.15) is 0 Å². The zero-order chi connectivity index (χ0) is 18.5. The van der Waals surface area contributed by atoms with Crippen molar-refractivity contribution in [3.63, 3.8) is 0 Å². The van der Waals surface area contributed by atoms with Gasteiger partial charge in [0.05, 0.1) is 30.5 Å². The third-order valence-corrected chi connectivity index (χ3v) is 4.26.